The number of rotatable bonds is 6. The van der Waals surface area contributed by atoms with E-state index in [-0.39, 0.29) is 11.6 Å². The molecule has 0 spiro atoms. The normalized spacial score (nSPS) is 11.6. The average Bonchev–Trinajstić information content (AvgIpc) is 3.27. The highest BCUT2D eigenvalue weighted by molar-refractivity contribution is 7.13. The molecule has 0 radical (unpaired) electrons. The maximum Gasteiger partial charge on any atom is 0.416 e. The van der Waals surface area contributed by atoms with Crippen molar-refractivity contribution in [2.24, 2.45) is 0 Å². The van der Waals surface area contributed by atoms with Crippen LogP contribution in [0.3, 0.4) is 0 Å². The van der Waals surface area contributed by atoms with Gasteiger partial charge in [-0.25, -0.2) is 4.98 Å². The molecule has 0 aliphatic rings. The first kappa shape index (κ1) is 19.1. The minimum Gasteiger partial charge on any atom is -0.351 e. The fourth-order valence-electron chi connectivity index (χ4n) is 2.46. The van der Waals surface area contributed by atoms with Crippen LogP contribution >= 0.6 is 11.3 Å². The molecule has 1 N–H and O–H groups in total. The van der Waals surface area contributed by atoms with Gasteiger partial charge in [-0.1, -0.05) is 12.1 Å². The summed E-state index contributed by atoms with van der Waals surface area (Å²) in [6.07, 6.45) is -0.0230. The van der Waals surface area contributed by atoms with Crippen molar-refractivity contribution in [1.82, 2.24) is 20.1 Å². The Bertz CT molecular complexity index is 933. The molecule has 0 aliphatic heterocycles. The molecule has 0 bridgehead atoms. The van der Waals surface area contributed by atoms with Crippen molar-refractivity contribution in [3.8, 4) is 10.6 Å². The first-order chi connectivity index (χ1) is 12.8. The van der Waals surface area contributed by atoms with E-state index < -0.39 is 11.7 Å². The van der Waals surface area contributed by atoms with Crippen LogP contribution in [0.5, 0.6) is 0 Å². The zero-order valence-corrected chi connectivity index (χ0v) is 15.3. The van der Waals surface area contributed by atoms with Crippen LogP contribution < -0.4 is 5.32 Å². The van der Waals surface area contributed by atoms with Gasteiger partial charge in [0.05, 0.1) is 11.8 Å². The van der Waals surface area contributed by atoms with Gasteiger partial charge < -0.3 is 5.32 Å². The summed E-state index contributed by atoms with van der Waals surface area (Å²) in [6.45, 7) is 3.09. The Morgan fingerprint density at radius 3 is 2.85 bits per heavy atom. The zero-order chi connectivity index (χ0) is 19.4. The monoisotopic (exact) mass is 394 g/mol. The van der Waals surface area contributed by atoms with Crippen molar-refractivity contribution in [2.75, 3.05) is 6.54 Å². The topological polar surface area (TPSA) is 59.8 Å². The fourth-order valence-corrected chi connectivity index (χ4v) is 3.26. The predicted molar refractivity (Wildman–Crippen MR) is 96.5 cm³/mol. The van der Waals surface area contributed by atoms with Crippen LogP contribution in [0, 0.1) is 6.92 Å². The molecular formula is C18H17F3N4OS. The van der Waals surface area contributed by atoms with E-state index in [1.807, 2.05) is 13.1 Å². The molecular weight excluding hydrogens is 377 g/mol. The average molecular weight is 394 g/mol. The number of halogens is 3. The second kappa shape index (κ2) is 7.91. The highest BCUT2D eigenvalue weighted by atomic mass is 32.1. The van der Waals surface area contributed by atoms with Gasteiger partial charge in [-0.2, -0.15) is 18.3 Å². The molecule has 3 aromatic rings. The highest BCUT2D eigenvalue weighted by Gasteiger charge is 2.30. The second-order valence-corrected chi connectivity index (χ2v) is 6.86. The van der Waals surface area contributed by atoms with E-state index in [1.165, 1.54) is 6.07 Å². The van der Waals surface area contributed by atoms with Crippen molar-refractivity contribution in [2.45, 2.75) is 26.1 Å². The number of nitrogens with zero attached hydrogens (tertiary/aromatic N) is 3. The van der Waals surface area contributed by atoms with Crippen LogP contribution in [0.2, 0.25) is 0 Å². The number of aromatic nitrogens is 3. The van der Waals surface area contributed by atoms with E-state index in [0.717, 1.165) is 29.0 Å². The lowest BCUT2D eigenvalue weighted by Crippen LogP contribution is -2.25. The Balaban J connectivity index is 1.57. The van der Waals surface area contributed by atoms with E-state index in [0.29, 0.717) is 30.1 Å². The maximum atomic E-state index is 12.8. The summed E-state index contributed by atoms with van der Waals surface area (Å²) >= 11 is 1.14. The molecule has 27 heavy (non-hydrogen) atoms. The summed E-state index contributed by atoms with van der Waals surface area (Å²) in [4.78, 5) is 16.3. The van der Waals surface area contributed by atoms with Gasteiger partial charge in [-0.05, 0) is 31.0 Å². The number of carbonyl (C=O) groups is 1. The number of benzene rings is 1. The lowest BCUT2D eigenvalue weighted by Gasteiger charge is -2.07. The van der Waals surface area contributed by atoms with Crippen molar-refractivity contribution < 1.29 is 18.0 Å². The molecule has 0 saturated carbocycles. The Hall–Kier alpha value is -2.68. The summed E-state index contributed by atoms with van der Waals surface area (Å²) in [5.74, 6) is -0.346. The Kier molecular flexibility index (Phi) is 5.59. The minimum absolute atomic E-state index is 0.197. The molecule has 0 unspecified atom stereocenters. The highest BCUT2D eigenvalue weighted by Crippen LogP contribution is 2.33. The van der Waals surface area contributed by atoms with Gasteiger partial charge in [0.15, 0.2) is 0 Å². The van der Waals surface area contributed by atoms with Crippen molar-refractivity contribution in [3.63, 3.8) is 0 Å². The number of aryl methyl sites for hydroxylation is 2. The standard InChI is InChI=1S/C18H17F3N4OS/c1-12-9-23-25(10-12)7-3-6-22-16(26)15-11-27-17(24-15)13-4-2-5-14(8-13)18(19,20)21/h2,4-5,8-11H,3,6-7H2,1H3,(H,22,26). The number of amides is 1. The SMILES string of the molecule is Cc1cnn(CCCNC(=O)c2csc(-c3cccc(C(F)(F)F)c3)n2)c1. The summed E-state index contributed by atoms with van der Waals surface area (Å²) < 4.78 is 40.3. The molecule has 3 rings (SSSR count). The molecule has 9 heteroatoms. The van der Waals surface area contributed by atoms with E-state index in [4.69, 9.17) is 0 Å². The van der Waals surface area contributed by atoms with E-state index in [9.17, 15) is 18.0 Å². The third-order valence-electron chi connectivity index (χ3n) is 3.79. The van der Waals surface area contributed by atoms with Crippen LogP contribution in [0.4, 0.5) is 13.2 Å². The summed E-state index contributed by atoms with van der Waals surface area (Å²) in [5, 5.41) is 8.84. The van der Waals surface area contributed by atoms with Crippen LogP contribution in [0.1, 0.15) is 28.0 Å². The summed E-state index contributed by atoms with van der Waals surface area (Å²) in [5.41, 5.74) is 0.865. The van der Waals surface area contributed by atoms with Crippen molar-refractivity contribution in [3.05, 3.63) is 58.9 Å². The molecule has 2 heterocycles. The molecule has 5 nitrogen and oxygen atoms in total. The second-order valence-electron chi connectivity index (χ2n) is 6.01. The lowest BCUT2D eigenvalue weighted by molar-refractivity contribution is -0.137. The van der Waals surface area contributed by atoms with Crippen LogP contribution in [-0.2, 0) is 12.7 Å². The molecule has 0 saturated heterocycles. The largest absolute Gasteiger partial charge is 0.416 e. The van der Waals surface area contributed by atoms with Gasteiger partial charge in [-0.15, -0.1) is 11.3 Å². The third kappa shape index (κ3) is 4.94. The number of hydrogen-bond donors (Lipinski definition) is 1. The van der Waals surface area contributed by atoms with Crippen molar-refractivity contribution in [1.29, 1.82) is 0 Å². The number of carbonyl (C=O) groups excluding carboxylic acids is 1. The van der Waals surface area contributed by atoms with Crippen molar-refractivity contribution >= 4 is 17.2 Å². The summed E-state index contributed by atoms with van der Waals surface area (Å²) in [6, 6.07) is 4.91. The first-order valence-electron chi connectivity index (χ1n) is 8.23. The molecule has 0 atom stereocenters. The Morgan fingerprint density at radius 1 is 1.33 bits per heavy atom. The van der Waals surface area contributed by atoms with E-state index in [2.05, 4.69) is 15.4 Å². The zero-order valence-electron chi connectivity index (χ0n) is 14.5. The molecule has 2 aromatic heterocycles. The Labute approximate surface area is 157 Å². The third-order valence-corrected chi connectivity index (χ3v) is 4.68. The number of thiazole rings is 1. The molecule has 0 fully saturated rings. The van der Waals surface area contributed by atoms with Crippen LogP contribution in [0.25, 0.3) is 10.6 Å². The lowest BCUT2D eigenvalue weighted by atomic mass is 10.1. The van der Waals surface area contributed by atoms with Gasteiger partial charge in [0.2, 0.25) is 0 Å². The van der Waals surface area contributed by atoms with Crippen LogP contribution in [0.15, 0.2) is 42.0 Å². The van der Waals surface area contributed by atoms with Gasteiger partial charge in [0, 0.05) is 30.2 Å². The van der Waals surface area contributed by atoms with E-state index >= 15 is 0 Å². The minimum atomic E-state index is -4.42. The predicted octanol–water partition coefficient (Wildman–Crippen LogP) is 4.15. The maximum absolute atomic E-state index is 12.8. The summed E-state index contributed by atoms with van der Waals surface area (Å²) in [7, 11) is 0. The number of hydrogen-bond acceptors (Lipinski definition) is 4. The van der Waals surface area contributed by atoms with Gasteiger partial charge in [0.1, 0.15) is 10.7 Å². The van der Waals surface area contributed by atoms with Gasteiger partial charge >= 0.3 is 6.18 Å². The fraction of sp³-hybridized carbons (Fsp3) is 0.278. The smallest absolute Gasteiger partial charge is 0.351 e. The van der Waals surface area contributed by atoms with Crippen LogP contribution in [-0.4, -0.2) is 27.2 Å². The first-order valence-corrected chi connectivity index (χ1v) is 9.11. The molecule has 0 aliphatic carbocycles. The van der Waals surface area contributed by atoms with E-state index in [1.54, 1.807) is 22.3 Å². The van der Waals surface area contributed by atoms with Gasteiger partial charge in [-0.3, -0.25) is 9.48 Å². The molecule has 1 aromatic carbocycles. The Morgan fingerprint density at radius 2 is 2.15 bits per heavy atom. The molecule has 1 amide bonds. The number of alkyl halides is 3. The number of nitrogens with one attached hydrogen (secondary N) is 1. The van der Waals surface area contributed by atoms with Gasteiger partial charge in [0.25, 0.3) is 5.91 Å². The molecule has 142 valence electrons. The quantitative estimate of drug-likeness (QED) is 0.639.